The maximum absolute atomic E-state index is 13.4. The van der Waals surface area contributed by atoms with Gasteiger partial charge in [-0.1, -0.05) is 55.3 Å². The number of aryl methyl sites for hydroxylation is 1. The molecule has 2 N–H and O–H groups in total. The molecule has 1 saturated carbocycles. The Kier molecular flexibility index (Phi) is 11.8. The van der Waals surface area contributed by atoms with Gasteiger partial charge in [0.15, 0.2) is 5.78 Å². The molecule has 2 aromatic carbocycles. The van der Waals surface area contributed by atoms with Crippen molar-refractivity contribution >= 4 is 29.2 Å². The Balaban J connectivity index is 1.53. The number of ketones is 1. The Bertz CT molecular complexity index is 1100. The van der Waals surface area contributed by atoms with Crippen molar-refractivity contribution in [3.8, 4) is 5.75 Å². The predicted octanol–water partition coefficient (Wildman–Crippen LogP) is 4.59. The minimum Gasteiger partial charge on any atom is -0.492 e. The molecule has 1 aliphatic carbocycles. The van der Waals surface area contributed by atoms with Crippen molar-refractivity contribution in [3.05, 3.63) is 64.7 Å². The molecule has 1 aliphatic rings. The molecule has 3 atom stereocenters. The van der Waals surface area contributed by atoms with Gasteiger partial charge >= 0.3 is 0 Å². The molecule has 0 saturated heterocycles. The fourth-order valence-corrected chi connectivity index (χ4v) is 4.64. The van der Waals surface area contributed by atoms with Crippen LogP contribution in [-0.4, -0.2) is 60.8 Å². The van der Waals surface area contributed by atoms with Crippen LogP contribution in [0.15, 0.2) is 48.5 Å². The fourth-order valence-electron chi connectivity index (χ4n) is 4.51. The van der Waals surface area contributed by atoms with Crippen LogP contribution in [0.5, 0.6) is 5.75 Å². The van der Waals surface area contributed by atoms with E-state index in [1.807, 2.05) is 30.3 Å². The van der Waals surface area contributed by atoms with Crippen LogP contribution in [0, 0.1) is 5.92 Å². The number of carbonyl (C=O) groups excluding carboxylic acids is 3. The van der Waals surface area contributed by atoms with E-state index >= 15 is 0 Å². The molecule has 8 heteroatoms. The molecule has 3 rings (SSSR count). The normalized spacial score (nSPS) is 15.2. The van der Waals surface area contributed by atoms with Gasteiger partial charge in [0.2, 0.25) is 11.8 Å². The second-order valence-electron chi connectivity index (χ2n) is 10.5. The standard InChI is InChI=1S/C31H42ClN3O4/c1-5-6-9-24-10-7-8-11-28(24)39-19-18-33-29(25-14-15-25)31(38)35(4)21(2)30(37)34-27(22(3)36)20-23-12-16-26(32)17-13-23/h7-8,10-13,16-17,21,25,27,29,33H,5-6,9,14-15,18-20H2,1-4H3,(H,34,37)/t21-,27-,29+/m1/s1. The highest BCUT2D eigenvalue weighted by molar-refractivity contribution is 6.30. The van der Waals surface area contributed by atoms with Crippen molar-refractivity contribution in [2.75, 3.05) is 20.2 Å². The maximum Gasteiger partial charge on any atom is 0.243 e. The van der Waals surface area contributed by atoms with Gasteiger partial charge in [-0.05, 0) is 81.2 Å². The zero-order valence-corrected chi connectivity index (χ0v) is 24.3. The van der Waals surface area contributed by atoms with Gasteiger partial charge in [-0.3, -0.25) is 14.4 Å². The highest BCUT2D eigenvalue weighted by Gasteiger charge is 2.39. The summed E-state index contributed by atoms with van der Waals surface area (Å²) < 4.78 is 6.04. The second kappa shape index (κ2) is 15.0. The first-order chi connectivity index (χ1) is 18.7. The number of hydrogen-bond donors (Lipinski definition) is 2. The van der Waals surface area contributed by atoms with E-state index in [1.165, 1.54) is 17.4 Å². The van der Waals surface area contributed by atoms with Gasteiger partial charge in [-0.15, -0.1) is 0 Å². The van der Waals surface area contributed by atoms with Crippen LogP contribution in [0.25, 0.3) is 0 Å². The van der Waals surface area contributed by atoms with Crippen molar-refractivity contribution < 1.29 is 19.1 Å². The summed E-state index contributed by atoms with van der Waals surface area (Å²) in [6.07, 6.45) is 5.54. The molecule has 0 aliphatic heterocycles. The van der Waals surface area contributed by atoms with Crippen molar-refractivity contribution in [1.82, 2.24) is 15.5 Å². The number of halogens is 1. The fraction of sp³-hybridized carbons (Fsp3) is 0.516. The lowest BCUT2D eigenvalue weighted by molar-refractivity contribution is -0.141. The smallest absolute Gasteiger partial charge is 0.243 e. The number of carbonyl (C=O) groups is 3. The van der Waals surface area contributed by atoms with E-state index in [2.05, 4.69) is 23.6 Å². The summed E-state index contributed by atoms with van der Waals surface area (Å²) in [6, 6.07) is 13.5. The average Bonchev–Trinajstić information content (AvgIpc) is 3.77. The first-order valence-electron chi connectivity index (χ1n) is 14.0. The van der Waals surface area contributed by atoms with Crippen LogP contribution in [-0.2, 0) is 27.2 Å². The Morgan fingerprint density at radius 1 is 1.10 bits per heavy atom. The SMILES string of the molecule is CCCCc1ccccc1OCCN[C@H](C(=O)N(C)[C@H](C)C(=O)N[C@H](Cc1ccc(Cl)cc1)C(C)=O)C1CC1. The van der Waals surface area contributed by atoms with Gasteiger partial charge in [0.25, 0.3) is 0 Å². The largest absolute Gasteiger partial charge is 0.492 e. The molecule has 2 amide bonds. The number of nitrogens with zero attached hydrogens (tertiary/aromatic N) is 1. The number of Topliss-reactive ketones (excluding diaryl/α,β-unsaturated/α-hetero) is 1. The Morgan fingerprint density at radius 2 is 1.79 bits per heavy atom. The van der Waals surface area contributed by atoms with Crippen LogP contribution in [0.3, 0.4) is 0 Å². The lowest BCUT2D eigenvalue weighted by atomic mass is 10.0. The van der Waals surface area contributed by atoms with Gasteiger partial charge < -0.3 is 20.3 Å². The number of hydrogen-bond acceptors (Lipinski definition) is 5. The Morgan fingerprint density at radius 3 is 2.44 bits per heavy atom. The van der Waals surface area contributed by atoms with Crippen molar-refractivity contribution in [1.29, 1.82) is 0 Å². The molecule has 0 bridgehead atoms. The zero-order valence-electron chi connectivity index (χ0n) is 23.5. The number of benzene rings is 2. The molecule has 0 aromatic heterocycles. The molecular weight excluding hydrogens is 514 g/mol. The molecule has 1 fully saturated rings. The lowest BCUT2D eigenvalue weighted by Crippen LogP contribution is -2.55. The third-order valence-electron chi connectivity index (χ3n) is 7.32. The number of ether oxygens (including phenoxy) is 1. The number of rotatable bonds is 16. The van der Waals surface area contributed by atoms with E-state index in [0.717, 1.165) is 43.4 Å². The number of para-hydroxylation sites is 1. The first-order valence-corrected chi connectivity index (χ1v) is 14.3. The monoisotopic (exact) mass is 555 g/mol. The topological polar surface area (TPSA) is 87.7 Å². The molecule has 7 nitrogen and oxygen atoms in total. The number of likely N-dealkylation sites (N-methyl/N-ethyl adjacent to an activating group) is 1. The average molecular weight is 556 g/mol. The predicted molar refractivity (Wildman–Crippen MR) is 155 cm³/mol. The van der Waals surface area contributed by atoms with Gasteiger partial charge in [0.1, 0.15) is 18.4 Å². The van der Waals surface area contributed by atoms with Crippen molar-refractivity contribution in [3.63, 3.8) is 0 Å². The van der Waals surface area contributed by atoms with Gasteiger partial charge in [0.05, 0.1) is 12.1 Å². The summed E-state index contributed by atoms with van der Waals surface area (Å²) in [5, 5.41) is 6.82. The van der Waals surface area contributed by atoms with Crippen LogP contribution in [0.1, 0.15) is 57.6 Å². The van der Waals surface area contributed by atoms with E-state index in [4.69, 9.17) is 16.3 Å². The summed E-state index contributed by atoms with van der Waals surface area (Å²) in [4.78, 5) is 40.2. The summed E-state index contributed by atoms with van der Waals surface area (Å²) in [5.41, 5.74) is 2.10. The molecule has 0 radical (unpaired) electrons. The Hall–Kier alpha value is -2.90. The van der Waals surface area contributed by atoms with Crippen LogP contribution in [0.4, 0.5) is 0 Å². The third-order valence-corrected chi connectivity index (χ3v) is 7.58. The second-order valence-corrected chi connectivity index (χ2v) is 10.9. The van der Waals surface area contributed by atoms with E-state index in [9.17, 15) is 14.4 Å². The van der Waals surface area contributed by atoms with Crippen molar-refractivity contribution in [2.24, 2.45) is 5.92 Å². The molecule has 0 unspecified atom stereocenters. The molecule has 2 aromatic rings. The van der Waals surface area contributed by atoms with Gasteiger partial charge in [0, 0.05) is 18.6 Å². The third kappa shape index (κ3) is 9.36. The van der Waals surface area contributed by atoms with E-state index < -0.39 is 12.1 Å². The maximum atomic E-state index is 13.4. The Labute approximate surface area is 237 Å². The summed E-state index contributed by atoms with van der Waals surface area (Å²) in [7, 11) is 1.64. The van der Waals surface area contributed by atoms with Crippen molar-refractivity contribution in [2.45, 2.75) is 77.4 Å². The quantitative estimate of drug-likeness (QED) is 0.296. The number of nitrogens with one attached hydrogen (secondary N) is 2. The minimum absolute atomic E-state index is 0.124. The molecule has 0 heterocycles. The summed E-state index contributed by atoms with van der Waals surface area (Å²) >= 11 is 5.96. The molecule has 212 valence electrons. The van der Waals surface area contributed by atoms with Gasteiger partial charge in [-0.25, -0.2) is 0 Å². The lowest BCUT2D eigenvalue weighted by Gasteiger charge is -2.30. The highest BCUT2D eigenvalue weighted by atomic mass is 35.5. The zero-order chi connectivity index (χ0) is 28.4. The molecule has 39 heavy (non-hydrogen) atoms. The van der Waals surface area contributed by atoms with E-state index in [1.54, 1.807) is 26.1 Å². The van der Waals surface area contributed by atoms with E-state index in [-0.39, 0.29) is 29.6 Å². The van der Waals surface area contributed by atoms with E-state index in [0.29, 0.717) is 24.6 Å². The van der Waals surface area contributed by atoms with Crippen LogP contribution in [0.2, 0.25) is 5.02 Å². The minimum atomic E-state index is -0.727. The molecule has 0 spiro atoms. The summed E-state index contributed by atoms with van der Waals surface area (Å²) in [6.45, 7) is 6.29. The number of unbranched alkanes of at least 4 members (excludes halogenated alkanes) is 1. The number of amides is 2. The molecular formula is C31H42ClN3O4. The van der Waals surface area contributed by atoms with Crippen LogP contribution < -0.4 is 15.4 Å². The van der Waals surface area contributed by atoms with Gasteiger partial charge in [-0.2, -0.15) is 0 Å². The first kappa shape index (κ1) is 30.6. The van der Waals surface area contributed by atoms with Crippen LogP contribution >= 0.6 is 11.6 Å². The summed E-state index contributed by atoms with van der Waals surface area (Å²) in [5.74, 6) is 0.514. The highest BCUT2D eigenvalue weighted by Crippen LogP contribution is 2.33.